The predicted molar refractivity (Wildman–Crippen MR) is 79.0 cm³/mol. The zero-order valence-corrected chi connectivity index (χ0v) is 12.8. The summed E-state index contributed by atoms with van der Waals surface area (Å²) in [5, 5.41) is 8.96. The van der Waals surface area contributed by atoms with Gasteiger partial charge in [0.2, 0.25) is 0 Å². The molecule has 0 spiro atoms. The Bertz CT molecular complexity index is 884. The first kappa shape index (κ1) is 16.1. The van der Waals surface area contributed by atoms with Crippen LogP contribution in [-0.2, 0) is 16.3 Å². The third-order valence-electron chi connectivity index (χ3n) is 3.36. The number of aryl methyl sites for hydroxylation is 1. The van der Waals surface area contributed by atoms with Gasteiger partial charge in [-0.3, -0.25) is 0 Å². The van der Waals surface area contributed by atoms with Crippen molar-refractivity contribution in [3.05, 3.63) is 53.1 Å². The van der Waals surface area contributed by atoms with Gasteiger partial charge in [0.1, 0.15) is 6.07 Å². The number of nitrogens with zero attached hydrogens (tertiary/aromatic N) is 1. The molecule has 2 aromatic carbocycles. The molecule has 0 amide bonds. The van der Waals surface area contributed by atoms with E-state index in [0.717, 1.165) is 6.26 Å². The summed E-state index contributed by atoms with van der Waals surface area (Å²) in [4.78, 5) is -0.202. The van der Waals surface area contributed by atoms with E-state index in [1.165, 1.54) is 30.3 Å². The van der Waals surface area contributed by atoms with Gasteiger partial charge in [-0.2, -0.15) is 5.26 Å². The van der Waals surface area contributed by atoms with Crippen LogP contribution in [0.3, 0.4) is 0 Å². The van der Waals surface area contributed by atoms with Crippen LogP contribution in [0.5, 0.6) is 0 Å². The maximum Gasteiger partial charge on any atom is 0.176 e. The van der Waals surface area contributed by atoms with Gasteiger partial charge in [-0.15, -0.1) is 0 Å². The Labute approximate surface area is 127 Å². The molecule has 0 saturated heterocycles. The summed E-state index contributed by atoms with van der Waals surface area (Å²) in [7, 11) is -3.65. The van der Waals surface area contributed by atoms with Gasteiger partial charge in [0.05, 0.1) is 10.5 Å². The Morgan fingerprint density at radius 3 is 2.36 bits per heavy atom. The van der Waals surface area contributed by atoms with Crippen LogP contribution in [0, 0.1) is 23.0 Å². The molecule has 0 bridgehead atoms. The van der Waals surface area contributed by atoms with Crippen molar-refractivity contribution >= 4 is 9.84 Å². The molecule has 0 aliphatic heterocycles. The maximum atomic E-state index is 14.2. The smallest absolute Gasteiger partial charge is 0.176 e. The number of hydrogen-bond donors (Lipinski definition) is 0. The van der Waals surface area contributed by atoms with Crippen molar-refractivity contribution in [3.63, 3.8) is 0 Å². The highest BCUT2D eigenvalue weighted by molar-refractivity contribution is 7.90. The van der Waals surface area contributed by atoms with E-state index < -0.39 is 21.5 Å². The fourth-order valence-corrected chi connectivity index (χ4v) is 3.03. The zero-order chi connectivity index (χ0) is 16.5. The standard InChI is InChI=1S/C16H13F2NO2S/c1-3-10-6-7-13(16(18)15(10)17)11-4-5-12(9-19)14(8-11)22(2,20)21/h4-8H,3H2,1-2H3. The minimum Gasteiger partial charge on any atom is -0.224 e. The van der Waals surface area contributed by atoms with Crippen molar-refractivity contribution in [1.82, 2.24) is 0 Å². The van der Waals surface area contributed by atoms with Crippen LogP contribution in [0.4, 0.5) is 8.78 Å². The molecule has 0 heterocycles. The molecule has 0 aromatic heterocycles. The number of halogens is 2. The van der Waals surface area contributed by atoms with Crippen molar-refractivity contribution in [2.75, 3.05) is 6.26 Å². The lowest BCUT2D eigenvalue weighted by molar-refractivity contribution is 0.502. The van der Waals surface area contributed by atoms with E-state index in [0.29, 0.717) is 6.42 Å². The summed E-state index contributed by atoms with van der Waals surface area (Å²) in [6.45, 7) is 1.71. The van der Waals surface area contributed by atoms with Gasteiger partial charge in [-0.25, -0.2) is 17.2 Å². The molecule has 0 saturated carbocycles. The predicted octanol–water partition coefficient (Wildman–Crippen LogP) is 3.47. The molecule has 2 aromatic rings. The Balaban J connectivity index is 2.70. The molecule has 0 unspecified atom stereocenters. The molecule has 3 nitrogen and oxygen atoms in total. The molecule has 0 aliphatic carbocycles. The van der Waals surface area contributed by atoms with E-state index in [9.17, 15) is 17.2 Å². The SMILES string of the molecule is CCc1ccc(-c2ccc(C#N)c(S(C)(=O)=O)c2)c(F)c1F. The molecule has 0 atom stereocenters. The lowest BCUT2D eigenvalue weighted by Gasteiger charge is -2.09. The highest BCUT2D eigenvalue weighted by Gasteiger charge is 2.18. The summed E-state index contributed by atoms with van der Waals surface area (Å²) in [5.74, 6) is -1.96. The number of nitriles is 1. The van der Waals surface area contributed by atoms with Crippen LogP contribution in [-0.4, -0.2) is 14.7 Å². The molecule has 0 fully saturated rings. The molecule has 114 valence electrons. The fourth-order valence-electron chi connectivity index (χ4n) is 2.17. The fraction of sp³-hybridized carbons (Fsp3) is 0.188. The van der Waals surface area contributed by atoms with Crippen molar-refractivity contribution in [3.8, 4) is 17.2 Å². The van der Waals surface area contributed by atoms with Gasteiger partial charge in [0, 0.05) is 11.8 Å². The van der Waals surface area contributed by atoms with E-state index in [1.54, 1.807) is 13.0 Å². The third-order valence-corrected chi connectivity index (χ3v) is 4.49. The average Bonchev–Trinajstić information content (AvgIpc) is 2.48. The Hall–Kier alpha value is -2.26. The molecule has 2 rings (SSSR count). The topological polar surface area (TPSA) is 57.9 Å². The summed E-state index contributed by atoms with van der Waals surface area (Å²) in [6, 6.07) is 8.53. The molecular formula is C16H13F2NO2S. The number of hydrogen-bond acceptors (Lipinski definition) is 3. The van der Waals surface area contributed by atoms with Crippen LogP contribution in [0.15, 0.2) is 35.2 Å². The van der Waals surface area contributed by atoms with Crippen LogP contribution in [0.2, 0.25) is 0 Å². The van der Waals surface area contributed by atoms with Crippen molar-refractivity contribution in [1.29, 1.82) is 5.26 Å². The second kappa shape index (κ2) is 5.85. The van der Waals surface area contributed by atoms with Crippen molar-refractivity contribution in [2.45, 2.75) is 18.2 Å². The average molecular weight is 321 g/mol. The maximum absolute atomic E-state index is 14.2. The Morgan fingerprint density at radius 1 is 1.14 bits per heavy atom. The first-order chi connectivity index (χ1) is 10.3. The van der Waals surface area contributed by atoms with Crippen molar-refractivity contribution < 1.29 is 17.2 Å². The van der Waals surface area contributed by atoms with Crippen LogP contribution >= 0.6 is 0 Å². The minimum atomic E-state index is -3.65. The molecule has 6 heteroatoms. The van der Waals surface area contributed by atoms with E-state index in [-0.39, 0.29) is 27.1 Å². The highest BCUT2D eigenvalue weighted by atomic mass is 32.2. The van der Waals surface area contributed by atoms with Gasteiger partial charge >= 0.3 is 0 Å². The van der Waals surface area contributed by atoms with Crippen LogP contribution < -0.4 is 0 Å². The van der Waals surface area contributed by atoms with E-state index in [2.05, 4.69) is 0 Å². The van der Waals surface area contributed by atoms with Gasteiger partial charge in [-0.05, 0) is 29.7 Å². The van der Waals surface area contributed by atoms with Crippen molar-refractivity contribution in [2.24, 2.45) is 0 Å². The number of rotatable bonds is 3. The minimum absolute atomic E-state index is 0.0303. The molecule has 0 N–H and O–H groups in total. The Morgan fingerprint density at radius 2 is 1.82 bits per heavy atom. The van der Waals surface area contributed by atoms with Gasteiger partial charge in [-0.1, -0.05) is 25.1 Å². The zero-order valence-electron chi connectivity index (χ0n) is 12.0. The van der Waals surface area contributed by atoms with E-state index in [4.69, 9.17) is 5.26 Å². The Kier molecular flexibility index (Phi) is 4.29. The van der Waals surface area contributed by atoms with E-state index >= 15 is 0 Å². The van der Waals surface area contributed by atoms with E-state index in [1.807, 2.05) is 0 Å². The summed E-state index contributed by atoms with van der Waals surface area (Å²) in [6.07, 6.45) is 1.31. The molecule has 0 aliphatic rings. The molecule has 0 radical (unpaired) electrons. The number of sulfone groups is 1. The summed E-state index contributed by atoms with van der Waals surface area (Å²) in [5.41, 5.74) is 0.387. The second-order valence-corrected chi connectivity index (χ2v) is 6.83. The first-order valence-electron chi connectivity index (χ1n) is 6.51. The third kappa shape index (κ3) is 2.85. The molecule has 22 heavy (non-hydrogen) atoms. The monoisotopic (exact) mass is 321 g/mol. The number of benzene rings is 2. The summed E-state index contributed by atoms with van der Waals surface area (Å²) < 4.78 is 51.5. The second-order valence-electron chi connectivity index (χ2n) is 4.85. The highest BCUT2D eigenvalue weighted by Crippen LogP contribution is 2.29. The quantitative estimate of drug-likeness (QED) is 0.870. The largest absolute Gasteiger partial charge is 0.224 e. The van der Waals surface area contributed by atoms with Gasteiger partial charge in [0.25, 0.3) is 0 Å². The van der Waals surface area contributed by atoms with Gasteiger partial charge < -0.3 is 0 Å². The van der Waals surface area contributed by atoms with Crippen LogP contribution in [0.1, 0.15) is 18.1 Å². The summed E-state index contributed by atoms with van der Waals surface area (Å²) >= 11 is 0. The lowest BCUT2D eigenvalue weighted by atomic mass is 10.0. The van der Waals surface area contributed by atoms with Crippen LogP contribution in [0.25, 0.3) is 11.1 Å². The lowest BCUT2D eigenvalue weighted by Crippen LogP contribution is -2.02. The van der Waals surface area contributed by atoms with Gasteiger partial charge in [0.15, 0.2) is 21.5 Å². The normalized spacial score (nSPS) is 11.2. The first-order valence-corrected chi connectivity index (χ1v) is 8.40. The molecular weight excluding hydrogens is 308 g/mol.